The van der Waals surface area contributed by atoms with Gasteiger partial charge in [-0.3, -0.25) is 9.69 Å². The van der Waals surface area contributed by atoms with Crippen LogP contribution in [0.2, 0.25) is 0 Å². The second-order valence-electron chi connectivity index (χ2n) is 6.31. The summed E-state index contributed by atoms with van der Waals surface area (Å²) < 4.78 is 16.0. The molecule has 0 unspecified atom stereocenters. The van der Waals surface area contributed by atoms with E-state index in [-0.39, 0.29) is 18.7 Å². The van der Waals surface area contributed by atoms with Crippen LogP contribution in [0, 0.1) is 0 Å². The van der Waals surface area contributed by atoms with Crippen LogP contribution in [0.4, 0.5) is 0 Å². The van der Waals surface area contributed by atoms with Crippen LogP contribution in [0.15, 0.2) is 42.5 Å². The van der Waals surface area contributed by atoms with Crippen molar-refractivity contribution >= 4 is 5.91 Å². The lowest BCUT2D eigenvalue weighted by atomic mass is 10.1. The van der Waals surface area contributed by atoms with Crippen molar-refractivity contribution in [1.29, 1.82) is 0 Å². The maximum atomic E-state index is 12.5. The Morgan fingerprint density at radius 3 is 2.81 bits per heavy atom. The highest BCUT2D eigenvalue weighted by atomic mass is 16.7. The van der Waals surface area contributed by atoms with E-state index in [1.165, 1.54) is 0 Å². The van der Waals surface area contributed by atoms with E-state index < -0.39 is 0 Å². The minimum atomic E-state index is -0.270. The first-order chi connectivity index (χ1) is 12.6. The van der Waals surface area contributed by atoms with Gasteiger partial charge in [0.2, 0.25) is 12.7 Å². The largest absolute Gasteiger partial charge is 0.496 e. The fourth-order valence-electron chi connectivity index (χ4n) is 2.83. The number of likely N-dealkylation sites (N-methyl/N-ethyl adjacent to an activating group) is 1. The lowest BCUT2D eigenvalue weighted by Crippen LogP contribution is -2.42. The number of hydrogen-bond donors (Lipinski definition) is 1. The minimum Gasteiger partial charge on any atom is -0.496 e. The molecule has 1 atom stereocenters. The third-order valence-corrected chi connectivity index (χ3v) is 4.56. The first-order valence-corrected chi connectivity index (χ1v) is 8.57. The second-order valence-corrected chi connectivity index (χ2v) is 6.31. The predicted molar refractivity (Wildman–Crippen MR) is 98.3 cm³/mol. The Kier molecular flexibility index (Phi) is 5.63. The van der Waals surface area contributed by atoms with E-state index in [9.17, 15) is 4.79 Å². The van der Waals surface area contributed by atoms with Crippen LogP contribution in [0.3, 0.4) is 0 Å². The molecule has 138 valence electrons. The SMILES string of the molecule is COc1ccccc1CN(C)[C@H](C)C(=O)NCc1ccc2c(c1)OCO2. The zero-order chi connectivity index (χ0) is 18.5. The molecular formula is C20H24N2O4. The Balaban J connectivity index is 1.55. The van der Waals surface area contributed by atoms with Gasteiger partial charge in [-0.1, -0.05) is 24.3 Å². The van der Waals surface area contributed by atoms with Gasteiger partial charge in [-0.15, -0.1) is 0 Å². The number of carbonyl (C=O) groups is 1. The Labute approximate surface area is 153 Å². The average Bonchev–Trinajstić information content (AvgIpc) is 3.13. The molecule has 0 saturated carbocycles. The summed E-state index contributed by atoms with van der Waals surface area (Å²) in [5.41, 5.74) is 2.02. The summed E-state index contributed by atoms with van der Waals surface area (Å²) in [5, 5.41) is 2.98. The summed E-state index contributed by atoms with van der Waals surface area (Å²) in [5.74, 6) is 2.26. The average molecular weight is 356 g/mol. The summed E-state index contributed by atoms with van der Waals surface area (Å²) in [6, 6.07) is 13.2. The number of amides is 1. The summed E-state index contributed by atoms with van der Waals surface area (Å²) in [6.07, 6.45) is 0. The maximum absolute atomic E-state index is 12.5. The molecule has 0 aromatic heterocycles. The molecule has 6 heteroatoms. The van der Waals surface area contributed by atoms with E-state index in [4.69, 9.17) is 14.2 Å². The molecule has 0 aliphatic carbocycles. The molecule has 2 aromatic rings. The molecule has 0 saturated heterocycles. The van der Waals surface area contributed by atoms with Gasteiger partial charge in [-0.2, -0.15) is 0 Å². The summed E-state index contributed by atoms with van der Waals surface area (Å²) in [6.45, 7) is 3.21. The third kappa shape index (κ3) is 4.08. The van der Waals surface area contributed by atoms with Crippen molar-refractivity contribution in [3.8, 4) is 17.2 Å². The number of nitrogens with zero attached hydrogens (tertiary/aromatic N) is 1. The van der Waals surface area contributed by atoms with Crippen molar-refractivity contribution in [2.75, 3.05) is 21.0 Å². The number of nitrogens with one attached hydrogen (secondary N) is 1. The Hall–Kier alpha value is -2.73. The highest BCUT2D eigenvalue weighted by Gasteiger charge is 2.19. The molecule has 0 bridgehead atoms. The number of hydrogen-bond acceptors (Lipinski definition) is 5. The van der Waals surface area contributed by atoms with Gasteiger partial charge in [0.25, 0.3) is 0 Å². The smallest absolute Gasteiger partial charge is 0.237 e. The van der Waals surface area contributed by atoms with Gasteiger partial charge in [0.05, 0.1) is 13.2 Å². The molecule has 1 amide bonds. The first-order valence-electron chi connectivity index (χ1n) is 8.57. The molecule has 1 aliphatic heterocycles. The third-order valence-electron chi connectivity index (χ3n) is 4.56. The number of rotatable bonds is 7. The number of methoxy groups -OCH3 is 1. The molecular weight excluding hydrogens is 332 g/mol. The highest BCUT2D eigenvalue weighted by Crippen LogP contribution is 2.32. The van der Waals surface area contributed by atoms with Crippen molar-refractivity contribution in [1.82, 2.24) is 10.2 Å². The van der Waals surface area contributed by atoms with Crippen molar-refractivity contribution in [2.45, 2.75) is 26.1 Å². The molecule has 3 rings (SSSR count). The number of fused-ring (bicyclic) bond motifs is 1. The lowest BCUT2D eigenvalue weighted by molar-refractivity contribution is -0.125. The van der Waals surface area contributed by atoms with Crippen LogP contribution in [-0.4, -0.2) is 37.8 Å². The fraction of sp³-hybridized carbons (Fsp3) is 0.350. The predicted octanol–water partition coefficient (Wildman–Crippen LogP) is 2.56. The second kappa shape index (κ2) is 8.10. The Bertz CT molecular complexity index is 778. The van der Waals surface area contributed by atoms with Gasteiger partial charge in [0.1, 0.15) is 5.75 Å². The molecule has 6 nitrogen and oxygen atoms in total. The van der Waals surface area contributed by atoms with Crippen molar-refractivity contribution in [3.63, 3.8) is 0 Å². The summed E-state index contributed by atoms with van der Waals surface area (Å²) >= 11 is 0. The Morgan fingerprint density at radius 1 is 1.23 bits per heavy atom. The van der Waals surface area contributed by atoms with Crippen LogP contribution in [-0.2, 0) is 17.9 Å². The van der Waals surface area contributed by atoms with Gasteiger partial charge in [0, 0.05) is 18.7 Å². The van der Waals surface area contributed by atoms with Crippen LogP contribution in [0.5, 0.6) is 17.2 Å². The maximum Gasteiger partial charge on any atom is 0.237 e. The van der Waals surface area contributed by atoms with Gasteiger partial charge in [-0.05, 0) is 37.7 Å². The van der Waals surface area contributed by atoms with E-state index in [2.05, 4.69) is 5.32 Å². The number of carbonyl (C=O) groups excluding carboxylic acids is 1. The standard InChI is InChI=1S/C20H24N2O4/c1-14(22(2)12-16-6-4-5-7-17(16)24-3)20(23)21-11-15-8-9-18-19(10-15)26-13-25-18/h4-10,14H,11-13H2,1-3H3,(H,21,23)/t14-/m1/s1. The van der Waals surface area contributed by atoms with Crippen LogP contribution < -0.4 is 19.5 Å². The van der Waals surface area contributed by atoms with Gasteiger partial charge in [0.15, 0.2) is 11.5 Å². The number of ether oxygens (including phenoxy) is 3. The van der Waals surface area contributed by atoms with Crippen LogP contribution in [0.1, 0.15) is 18.1 Å². The number of para-hydroxylation sites is 1. The number of benzene rings is 2. The highest BCUT2D eigenvalue weighted by molar-refractivity contribution is 5.81. The summed E-state index contributed by atoms with van der Waals surface area (Å²) in [7, 11) is 3.58. The van der Waals surface area contributed by atoms with Crippen molar-refractivity contribution < 1.29 is 19.0 Å². The van der Waals surface area contributed by atoms with E-state index in [0.29, 0.717) is 13.1 Å². The zero-order valence-electron chi connectivity index (χ0n) is 15.3. The van der Waals surface area contributed by atoms with Gasteiger partial charge >= 0.3 is 0 Å². The van der Waals surface area contributed by atoms with Crippen LogP contribution >= 0.6 is 0 Å². The minimum absolute atomic E-state index is 0.0277. The van der Waals surface area contributed by atoms with E-state index >= 15 is 0 Å². The molecule has 1 heterocycles. The molecule has 0 radical (unpaired) electrons. The normalized spacial score (nSPS) is 13.5. The Morgan fingerprint density at radius 2 is 2.00 bits per heavy atom. The molecule has 2 aromatic carbocycles. The van der Waals surface area contributed by atoms with E-state index in [1.807, 2.05) is 61.3 Å². The summed E-state index contributed by atoms with van der Waals surface area (Å²) in [4.78, 5) is 14.5. The monoisotopic (exact) mass is 356 g/mol. The molecule has 0 fully saturated rings. The van der Waals surface area contributed by atoms with Gasteiger partial charge < -0.3 is 19.5 Å². The lowest BCUT2D eigenvalue weighted by Gasteiger charge is -2.24. The molecule has 0 spiro atoms. The van der Waals surface area contributed by atoms with E-state index in [1.54, 1.807) is 7.11 Å². The van der Waals surface area contributed by atoms with Crippen molar-refractivity contribution in [2.24, 2.45) is 0 Å². The van der Waals surface area contributed by atoms with E-state index in [0.717, 1.165) is 28.4 Å². The topological polar surface area (TPSA) is 60.0 Å². The quantitative estimate of drug-likeness (QED) is 0.826. The van der Waals surface area contributed by atoms with Crippen LogP contribution in [0.25, 0.3) is 0 Å². The first kappa shape index (κ1) is 18.1. The molecule has 26 heavy (non-hydrogen) atoms. The van der Waals surface area contributed by atoms with Crippen molar-refractivity contribution in [3.05, 3.63) is 53.6 Å². The fourth-order valence-corrected chi connectivity index (χ4v) is 2.83. The zero-order valence-corrected chi connectivity index (χ0v) is 15.3. The molecule has 1 aliphatic rings. The van der Waals surface area contributed by atoms with Gasteiger partial charge in [-0.25, -0.2) is 0 Å². The molecule has 1 N–H and O–H groups in total.